The smallest absolute Gasteiger partial charge is 0.243 e. The van der Waals surface area contributed by atoms with Crippen molar-refractivity contribution >= 4 is 10.0 Å². The topological polar surface area (TPSA) is 55.6 Å². The van der Waals surface area contributed by atoms with E-state index in [2.05, 4.69) is 0 Å². The van der Waals surface area contributed by atoms with Crippen molar-refractivity contribution in [3.63, 3.8) is 0 Å². The first kappa shape index (κ1) is 13.1. The van der Waals surface area contributed by atoms with Gasteiger partial charge in [0.2, 0.25) is 10.0 Å². The predicted octanol–water partition coefficient (Wildman–Crippen LogP) is 1.13. The molecule has 1 aromatic rings. The van der Waals surface area contributed by atoms with Gasteiger partial charge in [0.05, 0.1) is 24.2 Å². The number of nitrogens with zero attached hydrogens (tertiary/aromatic N) is 1. The highest BCUT2D eigenvalue weighted by molar-refractivity contribution is 7.89. The van der Waals surface area contributed by atoms with Crippen LogP contribution >= 0.6 is 0 Å². The zero-order valence-corrected chi connectivity index (χ0v) is 11.8. The molecule has 2 aliphatic heterocycles. The highest BCUT2D eigenvalue weighted by Crippen LogP contribution is 2.39. The molecular formula is C13H17NO4S. The van der Waals surface area contributed by atoms with Gasteiger partial charge in [0.25, 0.3) is 0 Å². The van der Waals surface area contributed by atoms with Crippen LogP contribution in [0.5, 0.6) is 0 Å². The van der Waals surface area contributed by atoms with Crippen molar-refractivity contribution < 1.29 is 17.9 Å². The van der Waals surface area contributed by atoms with Gasteiger partial charge < -0.3 is 9.47 Å². The second-order valence-electron chi connectivity index (χ2n) is 5.12. The van der Waals surface area contributed by atoms with Gasteiger partial charge in [0, 0.05) is 6.54 Å². The van der Waals surface area contributed by atoms with E-state index in [-0.39, 0.29) is 6.04 Å². The number of hydrogen-bond acceptors (Lipinski definition) is 4. The molecular weight excluding hydrogens is 266 g/mol. The van der Waals surface area contributed by atoms with Gasteiger partial charge in [-0.2, -0.15) is 4.31 Å². The summed E-state index contributed by atoms with van der Waals surface area (Å²) in [5.74, 6) is -0.794. The van der Waals surface area contributed by atoms with E-state index >= 15 is 0 Å². The molecule has 0 bridgehead atoms. The highest BCUT2D eigenvalue weighted by Gasteiger charge is 2.57. The summed E-state index contributed by atoms with van der Waals surface area (Å²) in [4.78, 5) is 0.321. The first-order valence-electron chi connectivity index (χ1n) is 6.30. The molecule has 2 heterocycles. The van der Waals surface area contributed by atoms with Crippen LogP contribution in [0.2, 0.25) is 0 Å². The summed E-state index contributed by atoms with van der Waals surface area (Å²) in [6, 6.07) is 6.66. The maximum absolute atomic E-state index is 12.4. The number of ether oxygens (including phenoxy) is 2. The van der Waals surface area contributed by atoms with E-state index in [1.165, 1.54) is 4.31 Å². The minimum Gasteiger partial charge on any atom is -0.346 e. The molecule has 2 atom stereocenters. The SMILES string of the molecule is Cc1ccc(S(=O)(=O)N2C[C@@H]2C2(C)OCCO2)cc1. The van der Waals surface area contributed by atoms with Crippen molar-refractivity contribution in [1.82, 2.24) is 4.31 Å². The lowest BCUT2D eigenvalue weighted by Gasteiger charge is -2.22. The average Bonchev–Trinajstić information content (AvgIpc) is 3.09. The fourth-order valence-electron chi connectivity index (χ4n) is 2.38. The lowest BCUT2D eigenvalue weighted by Crippen LogP contribution is -2.36. The Balaban J connectivity index is 1.82. The first-order chi connectivity index (χ1) is 8.93. The van der Waals surface area contributed by atoms with Crippen LogP contribution in [0.3, 0.4) is 0 Å². The Morgan fingerprint density at radius 2 is 1.79 bits per heavy atom. The van der Waals surface area contributed by atoms with Crippen LogP contribution in [-0.2, 0) is 19.5 Å². The van der Waals surface area contributed by atoms with Crippen molar-refractivity contribution in [3.05, 3.63) is 29.8 Å². The zero-order chi connectivity index (χ0) is 13.7. The summed E-state index contributed by atoms with van der Waals surface area (Å²) in [6.45, 7) is 5.22. The molecule has 2 aliphatic rings. The Hall–Kier alpha value is -0.950. The molecule has 0 spiro atoms. The third-order valence-corrected chi connectivity index (χ3v) is 5.55. The van der Waals surface area contributed by atoms with Crippen molar-refractivity contribution in [3.8, 4) is 0 Å². The normalized spacial score (nSPS) is 29.4. The molecule has 3 rings (SSSR count). The van der Waals surface area contributed by atoms with Gasteiger partial charge >= 0.3 is 0 Å². The van der Waals surface area contributed by atoms with Gasteiger partial charge in [0.15, 0.2) is 5.79 Å². The predicted molar refractivity (Wildman–Crippen MR) is 69.2 cm³/mol. The van der Waals surface area contributed by atoms with Gasteiger partial charge in [-0.15, -0.1) is 0 Å². The number of aryl methyl sites for hydroxylation is 1. The third-order valence-electron chi connectivity index (χ3n) is 3.66. The molecule has 5 nitrogen and oxygen atoms in total. The number of hydrogen-bond donors (Lipinski definition) is 0. The number of sulfonamides is 1. The van der Waals surface area contributed by atoms with Crippen LogP contribution in [0.1, 0.15) is 12.5 Å². The van der Waals surface area contributed by atoms with E-state index in [1.54, 1.807) is 31.2 Å². The molecule has 2 fully saturated rings. The van der Waals surface area contributed by atoms with Crippen LogP contribution in [0.15, 0.2) is 29.2 Å². The molecule has 0 amide bonds. The van der Waals surface area contributed by atoms with Gasteiger partial charge in [0.1, 0.15) is 0 Å². The van der Waals surface area contributed by atoms with Crippen LogP contribution in [-0.4, -0.2) is 44.3 Å². The monoisotopic (exact) mass is 283 g/mol. The molecule has 1 aromatic carbocycles. The summed E-state index contributed by atoms with van der Waals surface area (Å²) < 4.78 is 37.3. The van der Waals surface area contributed by atoms with Crippen LogP contribution in [0.4, 0.5) is 0 Å². The summed E-state index contributed by atoms with van der Waals surface area (Å²) >= 11 is 0. The van der Waals surface area contributed by atoms with Crippen molar-refractivity contribution in [2.75, 3.05) is 19.8 Å². The average molecular weight is 283 g/mol. The van der Waals surface area contributed by atoms with Gasteiger partial charge in [-0.05, 0) is 26.0 Å². The van der Waals surface area contributed by atoms with Gasteiger partial charge in [-0.3, -0.25) is 0 Å². The zero-order valence-electron chi connectivity index (χ0n) is 11.0. The van der Waals surface area contributed by atoms with Crippen LogP contribution in [0.25, 0.3) is 0 Å². The van der Waals surface area contributed by atoms with Crippen molar-refractivity contribution in [2.24, 2.45) is 0 Å². The standard InChI is InChI=1S/C13H17NO4S/c1-10-3-5-11(6-4-10)19(15,16)14-9-12(14)13(2)17-7-8-18-13/h3-6,12H,7-9H2,1-2H3/t12-,14?/m1/s1. The molecule has 19 heavy (non-hydrogen) atoms. The lowest BCUT2D eigenvalue weighted by molar-refractivity contribution is -0.145. The summed E-state index contributed by atoms with van der Waals surface area (Å²) in [7, 11) is -3.43. The first-order valence-corrected chi connectivity index (χ1v) is 7.74. The largest absolute Gasteiger partial charge is 0.346 e. The molecule has 6 heteroatoms. The minimum atomic E-state index is -3.43. The molecule has 0 aromatic heterocycles. The Labute approximate surface area is 113 Å². The van der Waals surface area contributed by atoms with Crippen molar-refractivity contribution in [1.29, 1.82) is 0 Å². The van der Waals surface area contributed by atoms with Gasteiger partial charge in [-0.1, -0.05) is 17.7 Å². The fourth-order valence-corrected chi connectivity index (χ4v) is 4.00. The Bertz CT molecular complexity index is 575. The second-order valence-corrected chi connectivity index (χ2v) is 7.01. The van der Waals surface area contributed by atoms with E-state index in [4.69, 9.17) is 9.47 Å². The minimum absolute atomic E-state index is 0.221. The van der Waals surface area contributed by atoms with Crippen LogP contribution < -0.4 is 0 Å². The maximum atomic E-state index is 12.4. The molecule has 0 aliphatic carbocycles. The molecule has 0 radical (unpaired) electrons. The number of rotatable bonds is 3. The summed E-state index contributed by atoms with van der Waals surface area (Å²) in [6.07, 6.45) is 0. The van der Waals surface area contributed by atoms with Gasteiger partial charge in [-0.25, -0.2) is 8.42 Å². The molecule has 104 valence electrons. The van der Waals surface area contributed by atoms with E-state index < -0.39 is 15.8 Å². The quantitative estimate of drug-likeness (QED) is 0.780. The Morgan fingerprint density at radius 3 is 2.37 bits per heavy atom. The maximum Gasteiger partial charge on any atom is 0.243 e. The molecule has 0 N–H and O–H groups in total. The fraction of sp³-hybridized carbons (Fsp3) is 0.538. The van der Waals surface area contributed by atoms with E-state index in [1.807, 2.05) is 6.92 Å². The summed E-state index contributed by atoms with van der Waals surface area (Å²) in [5.41, 5.74) is 1.04. The molecule has 2 saturated heterocycles. The molecule has 0 saturated carbocycles. The molecule has 1 unspecified atom stereocenters. The lowest BCUT2D eigenvalue weighted by atomic mass is 10.2. The number of benzene rings is 1. The van der Waals surface area contributed by atoms with E-state index in [0.717, 1.165) is 5.56 Å². The van der Waals surface area contributed by atoms with Crippen molar-refractivity contribution in [2.45, 2.75) is 30.6 Å². The highest BCUT2D eigenvalue weighted by atomic mass is 32.2. The van der Waals surface area contributed by atoms with E-state index in [0.29, 0.717) is 24.7 Å². The second kappa shape index (κ2) is 4.28. The third kappa shape index (κ3) is 2.18. The van der Waals surface area contributed by atoms with Crippen LogP contribution in [0, 0.1) is 6.92 Å². The summed E-state index contributed by atoms with van der Waals surface area (Å²) in [5, 5.41) is 0. The Morgan fingerprint density at radius 1 is 1.21 bits per heavy atom. The van der Waals surface area contributed by atoms with E-state index in [9.17, 15) is 8.42 Å². The Kier molecular flexibility index (Phi) is 2.94.